The molecule has 1 aromatic heterocycles. The third-order valence-corrected chi connectivity index (χ3v) is 5.51. The van der Waals surface area contributed by atoms with E-state index in [9.17, 15) is 18.0 Å². The number of halogens is 3. The Kier molecular flexibility index (Phi) is 7.85. The van der Waals surface area contributed by atoms with E-state index in [1.807, 2.05) is 26.0 Å². The maximum absolute atomic E-state index is 13.3. The molecule has 6 nitrogen and oxygen atoms in total. The molecule has 0 atom stereocenters. The predicted molar refractivity (Wildman–Crippen MR) is 134 cm³/mol. The van der Waals surface area contributed by atoms with Crippen molar-refractivity contribution in [3.8, 4) is 34.6 Å². The molecule has 1 heterocycles. The maximum atomic E-state index is 13.3. The van der Waals surface area contributed by atoms with Gasteiger partial charge in [0.25, 0.3) is 5.88 Å². The summed E-state index contributed by atoms with van der Waals surface area (Å²) >= 11 is 0. The van der Waals surface area contributed by atoms with Crippen molar-refractivity contribution in [2.24, 2.45) is 0 Å². The molecule has 3 aromatic carbocycles. The first-order valence-corrected chi connectivity index (χ1v) is 11.7. The number of carbonyl (C=O) groups is 1. The highest BCUT2D eigenvalue weighted by atomic mass is 19.4. The predicted octanol–water partition coefficient (Wildman–Crippen LogP) is 8.11. The van der Waals surface area contributed by atoms with E-state index in [1.54, 1.807) is 54.6 Å². The van der Waals surface area contributed by atoms with Gasteiger partial charge in [-0.05, 0) is 73.4 Å². The molecule has 0 aliphatic rings. The number of carboxylic acids is 1. The lowest BCUT2D eigenvalue weighted by Gasteiger charge is -2.15. The minimum atomic E-state index is -4.61. The van der Waals surface area contributed by atoms with Crippen molar-refractivity contribution in [3.05, 3.63) is 101 Å². The molecule has 9 heteroatoms. The van der Waals surface area contributed by atoms with Crippen LogP contribution in [-0.4, -0.2) is 16.1 Å². The molecule has 0 unspecified atom stereocenters. The Bertz CT molecular complexity index is 1440. The molecule has 0 saturated carbocycles. The van der Waals surface area contributed by atoms with Gasteiger partial charge in [0.1, 0.15) is 23.0 Å². The molecule has 38 heavy (non-hydrogen) atoms. The van der Waals surface area contributed by atoms with E-state index in [4.69, 9.17) is 19.3 Å². The zero-order chi connectivity index (χ0) is 27.3. The van der Waals surface area contributed by atoms with Gasteiger partial charge in [-0.2, -0.15) is 13.2 Å². The second kappa shape index (κ2) is 11.2. The topological polar surface area (TPSA) is 77.9 Å². The number of para-hydroxylation sites is 1. The van der Waals surface area contributed by atoms with Gasteiger partial charge in [0.15, 0.2) is 5.75 Å². The number of carboxylic acid groups (broad SMARTS) is 1. The van der Waals surface area contributed by atoms with Gasteiger partial charge < -0.3 is 19.3 Å². The van der Waals surface area contributed by atoms with E-state index in [0.717, 1.165) is 22.8 Å². The highest BCUT2D eigenvalue weighted by Gasteiger charge is 2.32. The quantitative estimate of drug-likeness (QED) is 0.239. The van der Waals surface area contributed by atoms with Crippen LogP contribution in [-0.2, 0) is 17.4 Å². The summed E-state index contributed by atoms with van der Waals surface area (Å²) in [6.45, 7) is 3.70. The van der Waals surface area contributed by atoms with Crippen molar-refractivity contribution < 1.29 is 37.3 Å². The summed E-state index contributed by atoms with van der Waals surface area (Å²) in [4.78, 5) is 14.7. The number of aliphatic carboxylic acids is 1. The molecular weight excluding hydrogens is 499 g/mol. The van der Waals surface area contributed by atoms with Gasteiger partial charge in [0.2, 0.25) is 0 Å². The molecule has 0 aliphatic heterocycles. The largest absolute Gasteiger partial charge is 0.481 e. The molecule has 0 bridgehead atoms. The zero-order valence-corrected chi connectivity index (χ0v) is 20.6. The van der Waals surface area contributed by atoms with Gasteiger partial charge in [0.05, 0.1) is 5.56 Å². The summed E-state index contributed by atoms with van der Waals surface area (Å²) in [5.41, 5.74) is 1.62. The minimum absolute atomic E-state index is 0.0353. The highest BCUT2D eigenvalue weighted by molar-refractivity contribution is 5.67. The van der Waals surface area contributed by atoms with Crippen LogP contribution in [0, 0.1) is 13.8 Å². The molecular formula is C29H24F3NO5. The van der Waals surface area contributed by atoms with Crippen molar-refractivity contribution in [1.29, 1.82) is 0 Å². The van der Waals surface area contributed by atoms with Crippen LogP contribution in [0.4, 0.5) is 13.2 Å². The third-order valence-electron chi connectivity index (χ3n) is 5.51. The van der Waals surface area contributed by atoms with Gasteiger partial charge in [-0.3, -0.25) is 4.79 Å². The van der Waals surface area contributed by atoms with Crippen LogP contribution in [0.1, 0.15) is 28.7 Å². The number of aromatic nitrogens is 1. The number of pyridine rings is 1. The van der Waals surface area contributed by atoms with Crippen LogP contribution in [0.25, 0.3) is 0 Å². The van der Waals surface area contributed by atoms with Crippen molar-refractivity contribution >= 4 is 5.97 Å². The molecule has 0 amide bonds. The Morgan fingerprint density at radius 1 is 0.842 bits per heavy atom. The van der Waals surface area contributed by atoms with Gasteiger partial charge in [-0.15, -0.1) is 0 Å². The zero-order valence-electron chi connectivity index (χ0n) is 20.6. The minimum Gasteiger partial charge on any atom is -0.481 e. The van der Waals surface area contributed by atoms with Crippen LogP contribution in [0.2, 0.25) is 0 Å². The molecule has 0 fully saturated rings. The lowest BCUT2D eigenvalue weighted by molar-refractivity contribution is -0.138. The fourth-order valence-electron chi connectivity index (χ4n) is 3.69. The first-order valence-electron chi connectivity index (χ1n) is 11.7. The van der Waals surface area contributed by atoms with Crippen LogP contribution < -0.4 is 14.2 Å². The molecule has 1 N–H and O–H groups in total. The van der Waals surface area contributed by atoms with Gasteiger partial charge in [0, 0.05) is 24.8 Å². The molecule has 4 rings (SSSR count). The first kappa shape index (κ1) is 26.5. The summed E-state index contributed by atoms with van der Waals surface area (Å²) in [5, 5.41) is 8.91. The summed E-state index contributed by atoms with van der Waals surface area (Å²) in [5.74, 6) is 0.402. The summed E-state index contributed by atoms with van der Waals surface area (Å²) in [7, 11) is 0. The molecule has 0 radical (unpaired) electrons. The Labute approximate surface area is 217 Å². The number of nitrogens with zero attached hydrogens (tertiary/aromatic N) is 1. The van der Waals surface area contributed by atoms with E-state index in [2.05, 4.69) is 4.98 Å². The number of hydrogen-bond acceptors (Lipinski definition) is 5. The molecule has 196 valence electrons. The van der Waals surface area contributed by atoms with Crippen molar-refractivity contribution in [2.75, 3.05) is 0 Å². The Hall–Kier alpha value is -4.53. The summed E-state index contributed by atoms with van der Waals surface area (Å²) < 4.78 is 57.5. The van der Waals surface area contributed by atoms with Crippen LogP contribution in [0.3, 0.4) is 0 Å². The summed E-state index contributed by atoms with van der Waals surface area (Å²) in [6.07, 6.45) is -3.47. The van der Waals surface area contributed by atoms with E-state index in [0.29, 0.717) is 35.6 Å². The average Bonchev–Trinajstić information content (AvgIpc) is 2.84. The number of rotatable bonds is 9. The molecule has 0 saturated heterocycles. The Morgan fingerprint density at radius 2 is 1.55 bits per heavy atom. The fraction of sp³-hybridized carbons (Fsp3) is 0.172. The smallest absolute Gasteiger partial charge is 0.418 e. The lowest BCUT2D eigenvalue weighted by Crippen LogP contribution is -2.06. The number of aryl methyl sites for hydroxylation is 3. The normalized spacial score (nSPS) is 11.2. The van der Waals surface area contributed by atoms with Crippen molar-refractivity contribution in [2.45, 2.75) is 32.9 Å². The third kappa shape index (κ3) is 7.03. The lowest BCUT2D eigenvalue weighted by atomic mass is 10.0. The average molecular weight is 524 g/mol. The first-order chi connectivity index (χ1) is 18.1. The van der Waals surface area contributed by atoms with E-state index >= 15 is 0 Å². The van der Waals surface area contributed by atoms with Gasteiger partial charge in [-0.25, -0.2) is 4.98 Å². The van der Waals surface area contributed by atoms with Gasteiger partial charge in [-0.1, -0.05) is 24.3 Å². The number of benzene rings is 3. The van der Waals surface area contributed by atoms with Crippen LogP contribution >= 0.6 is 0 Å². The second-order valence-corrected chi connectivity index (χ2v) is 8.61. The van der Waals surface area contributed by atoms with Crippen molar-refractivity contribution in [3.63, 3.8) is 0 Å². The second-order valence-electron chi connectivity index (χ2n) is 8.61. The van der Waals surface area contributed by atoms with Gasteiger partial charge >= 0.3 is 12.1 Å². The highest BCUT2D eigenvalue weighted by Crippen LogP contribution is 2.39. The Morgan fingerprint density at radius 3 is 2.21 bits per heavy atom. The fourth-order valence-corrected chi connectivity index (χ4v) is 3.69. The van der Waals surface area contributed by atoms with Crippen LogP contribution in [0.15, 0.2) is 79.0 Å². The SMILES string of the molecule is Cc1cc(Oc2ccc(CCC(=O)O)c(C)c2)cc(Oc2ncc(C(F)(F)F)cc2Oc2ccccc2)c1. The summed E-state index contributed by atoms with van der Waals surface area (Å²) in [6, 6.07) is 19.6. The number of hydrogen-bond donors (Lipinski definition) is 1. The number of alkyl halides is 3. The maximum Gasteiger partial charge on any atom is 0.418 e. The van der Waals surface area contributed by atoms with E-state index in [-0.39, 0.29) is 18.1 Å². The number of ether oxygens (including phenoxy) is 3. The van der Waals surface area contributed by atoms with Crippen molar-refractivity contribution in [1.82, 2.24) is 4.98 Å². The molecule has 0 spiro atoms. The molecule has 0 aliphatic carbocycles. The Balaban J connectivity index is 1.59. The van der Waals surface area contributed by atoms with Crippen LogP contribution in [0.5, 0.6) is 34.6 Å². The van der Waals surface area contributed by atoms with E-state index in [1.165, 1.54) is 0 Å². The monoisotopic (exact) mass is 523 g/mol. The molecule has 4 aromatic rings. The van der Waals surface area contributed by atoms with E-state index < -0.39 is 17.7 Å². The standard InChI is InChI=1S/C29H24F3NO5/c1-18-12-24(36-23-10-8-20(19(2)14-23)9-11-27(34)35)16-25(13-18)38-28-26(37-22-6-4-3-5-7-22)15-21(17-33-28)29(30,31)32/h3-8,10,12-17H,9,11H2,1-2H3,(H,34,35).